The van der Waals surface area contributed by atoms with Gasteiger partial charge in [0.05, 0.1) is 6.54 Å². The first-order valence-electron chi connectivity index (χ1n) is 7.41. The Balaban J connectivity index is 1.66. The second kappa shape index (κ2) is 8.10. The molecule has 5 heteroatoms. The molecule has 0 aliphatic carbocycles. The SMILES string of the molecule is CN(CC(=O)NCCC1CCOC1)Cc1ccccc1F. The van der Waals surface area contributed by atoms with Crippen molar-refractivity contribution in [1.29, 1.82) is 0 Å². The molecular weight excluding hydrogens is 271 g/mol. The Hall–Kier alpha value is -1.46. The maximum absolute atomic E-state index is 13.5. The Labute approximate surface area is 125 Å². The number of rotatable bonds is 7. The van der Waals surface area contributed by atoms with Crippen molar-refractivity contribution in [3.8, 4) is 0 Å². The fourth-order valence-electron chi connectivity index (χ4n) is 2.50. The highest BCUT2D eigenvalue weighted by atomic mass is 19.1. The molecule has 2 rings (SSSR count). The predicted molar refractivity (Wildman–Crippen MR) is 79.3 cm³/mol. The van der Waals surface area contributed by atoms with E-state index in [0.717, 1.165) is 26.1 Å². The monoisotopic (exact) mass is 294 g/mol. The predicted octanol–water partition coefficient (Wildman–Crippen LogP) is 1.80. The molecule has 0 bridgehead atoms. The number of nitrogens with zero attached hydrogens (tertiary/aromatic N) is 1. The number of likely N-dealkylation sites (N-methyl/N-ethyl adjacent to an activating group) is 1. The molecule has 1 aromatic rings. The van der Waals surface area contributed by atoms with Crippen LogP contribution < -0.4 is 5.32 Å². The van der Waals surface area contributed by atoms with Gasteiger partial charge in [-0.1, -0.05) is 18.2 Å². The standard InChI is InChI=1S/C16H23FN2O2/c1-19(10-14-4-2-3-5-15(14)17)11-16(20)18-8-6-13-7-9-21-12-13/h2-5,13H,6-12H2,1H3,(H,18,20). The summed E-state index contributed by atoms with van der Waals surface area (Å²) in [5.74, 6) is 0.320. The largest absolute Gasteiger partial charge is 0.381 e. The maximum Gasteiger partial charge on any atom is 0.234 e. The van der Waals surface area contributed by atoms with Gasteiger partial charge in [0, 0.05) is 31.9 Å². The zero-order valence-electron chi connectivity index (χ0n) is 12.5. The van der Waals surface area contributed by atoms with Crippen molar-refractivity contribution in [1.82, 2.24) is 10.2 Å². The van der Waals surface area contributed by atoms with Crippen molar-refractivity contribution in [2.24, 2.45) is 5.92 Å². The molecule has 1 atom stereocenters. The first-order valence-corrected chi connectivity index (χ1v) is 7.41. The van der Waals surface area contributed by atoms with Gasteiger partial charge in [-0.15, -0.1) is 0 Å². The van der Waals surface area contributed by atoms with Crippen LogP contribution in [0.3, 0.4) is 0 Å². The molecule has 1 N–H and O–H groups in total. The second-order valence-corrected chi connectivity index (χ2v) is 5.63. The molecule has 116 valence electrons. The Morgan fingerprint density at radius 2 is 2.29 bits per heavy atom. The molecule has 0 spiro atoms. The van der Waals surface area contributed by atoms with E-state index in [1.807, 2.05) is 11.9 Å². The fraction of sp³-hybridized carbons (Fsp3) is 0.562. The topological polar surface area (TPSA) is 41.6 Å². The lowest BCUT2D eigenvalue weighted by Gasteiger charge is -2.17. The Morgan fingerprint density at radius 1 is 1.48 bits per heavy atom. The van der Waals surface area contributed by atoms with Crippen molar-refractivity contribution >= 4 is 5.91 Å². The van der Waals surface area contributed by atoms with Gasteiger partial charge in [-0.05, 0) is 31.9 Å². The molecule has 1 heterocycles. The summed E-state index contributed by atoms with van der Waals surface area (Å²) in [7, 11) is 1.82. The van der Waals surface area contributed by atoms with Crippen LogP contribution in [0.2, 0.25) is 0 Å². The van der Waals surface area contributed by atoms with Crippen LogP contribution in [0.5, 0.6) is 0 Å². The average molecular weight is 294 g/mol. The molecule has 1 saturated heterocycles. The molecule has 0 aromatic heterocycles. The van der Waals surface area contributed by atoms with Gasteiger partial charge in [0.2, 0.25) is 5.91 Å². The molecule has 4 nitrogen and oxygen atoms in total. The zero-order chi connectivity index (χ0) is 15.1. The Kier molecular flexibility index (Phi) is 6.14. The van der Waals surface area contributed by atoms with Gasteiger partial charge in [0.15, 0.2) is 0 Å². The van der Waals surface area contributed by atoms with Gasteiger partial charge in [-0.2, -0.15) is 0 Å². The highest BCUT2D eigenvalue weighted by Gasteiger charge is 2.15. The summed E-state index contributed by atoms with van der Waals surface area (Å²) in [5.41, 5.74) is 0.607. The number of nitrogens with one attached hydrogen (secondary N) is 1. The van der Waals surface area contributed by atoms with Crippen LogP contribution in [0, 0.1) is 11.7 Å². The van der Waals surface area contributed by atoms with Crippen molar-refractivity contribution in [2.45, 2.75) is 19.4 Å². The summed E-state index contributed by atoms with van der Waals surface area (Å²) in [6.07, 6.45) is 2.05. The van der Waals surface area contributed by atoms with Crippen LogP contribution in [0.4, 0.5) is 4.39 Å². The van der Waals surface area contributed by atoms with E-state index in [1.54, 1.807) is 18.2 Å². The number of amides is 1. The minimum atomic E-state index is -0.231. The second-order valence-electron chi connectivity index (χ2n) is 5.63. The molecule has 1 amide bonds. The van der Waals surface area contributed by atoms with Crippen molar-refractivity contribution in [3.63, 3.8) is 0 Å². The molecular formula is C16H23FN2O2. The lowest BCUT2D eigenvalue weighted by molar-refractivity contribution is -0.122. The molecule has 1 aliphatic heterocycles. The first-order chi connectivity index (χ1) is 10.1. The number of carbonyl (C=O) groups excluding carboxylic acids is 1. The van der Waals surface area contributed by atoms with Gasteiger partial charge in [0.25, 0.3) is 0 Å². The van der Waals surface area contributed by atoms with Crippen LogP contribution in [0.1, 0.15) is 18.4 Å². The van der Waals surface area contributed by atoms with Gasteiger partial charge >= 0.3 is 0 Å². The van der Waals surface area contributed by atoms with E-state index in [9.17, 15) is 9.18 Å². The third-order valence-electron chi connectivity index (χ3n) is 3.71. The Morgan fingerprint density at radius 3 is 3.00 bits per heavy atom. The van der Waals surface area contributed by atoms with E-state index in [2.05, 4.69) is 5.32 Å². The normalized spacial score (nSPS) is 18.1. The summed E-state index contributed by atoms with van der Waals surface area (Å²) < 4.78 is 18.8. The van der Waals surface area contributed by atoms with E-state index in [-0.39, 0.29) is 18.3 Å². The number of halogens is 1. The third-order valence-corrected chi connectivity index (χ3v) is 3.71. The molecule has 21 heavy (non-hydrogen) atoms. The van der Waals surface area contributed by atoms with Crippen molar-refractivity contribution in [3.05, 3.63) is 35.6 Å². The summed E-state index contributed by atoms with van der Waals surface area (Å²) in [4.78, 5) is 13.6. The van der Waals surface area contributed by atoms with E-state index >= 15 is 0 Å². The molecule has 1 fully saturated rings. The summed E-state index contributed by atoms with van der Waals surface area (Å²) in [6, 6.07) is 6.64. The van der Waals surface area contributed by atoms with Crippen LogP contribution in [-0.4, -0.2) is 44.2 Å². The molecule has 1 unspecified atom stereocenters. The zero-order valence-corrected chi connectivity index (χ0v) is 12.5. The Bertz CT molecular complexity index is 461. The molecule has 0 saturated carbocycles. The number of carbonyl (C=O) groups is 1. The quantitative estimate of drug-likeness (QED) is 0.834. The lowest BCUT2D eigenvalue weighted by Crippen LogP contribution is -2.36. The van der Waals surface area contributed by atoms with Gasteiger partial charge in [-0.25, -0.2) is 4.39 Å². The van der Waals surface area contributed by atoms with Crippen molar-refractivity contribution < 1.29 is 13.9 Å². The van der Waals surface area contributed by atoms with Crippen molar-refractivity contribution in [2.75, 3.05) is 33.4 Å². The minimum Gasteiger partial charge on any atom is -0.381 e. The van der Waals surface area contributed by atoms with Crippen LogP contribution in [0.25, 0.3) is 0 Å². The molecule has 1 aliphatic rings. The van der Waals surface area contributed by atoms with E-state index in [4.69, 9.17) is 4.74 Å². The van der Waals surface area contributed by atoms with E-state index in [1.165, 1.54) is 6.07 Å². The summed E-state index contributed by atoms with van der Waals surface area (Å²) >= 11 is 0. The summed E-state index contributed by atoms with van der Waals surface area (Å²) in [6.45, 7) is 3.03. The summed E-state index contributed by atoms with van der Waals surface area (Å²) in [5, 5.41) is 2.91. The smallest absolute Gasteiger partial charge is 0.234 e. The number of benzene rings is 1. The van der Waals surface area contributed by atoms with Gasteiger partial charge in [0.1, 0.15) is 5.82 Å². The van der Waals surface area contributed by atoms with Gasteiger partial charge < -0.3 is 10.1 Å². The lowest BCUT2D eigenvalue weighted by atomic mass is 10.1. The number of hydrogen-bond acceptors (Lipinski definition) is 3. The average Bonchev–Trinajstić information content (AvgIpc) is 2.94. The van der Waals surface area contributed by atoms with Crippen LogP contribution in [0.15, 0.2) is 24.3 Å². The first kappa shape index (κ1) is 15.9. The van der Waals surface area contributed by atoms with Crippen LogP contribution >= 0.6 is 0 Å². The number of hydrogen-bond donors (Lipinski definition) is 1. The maximum atomic E-state index is 13.5. The molecule has 1 aromatic carbocycles. The van der Waals surface area contributed by atoms with Gasteiger partial charge in [-0.3, -0.25) is 9.69 Å². The third kappa shape index (κ3) is 5.44. The van der Waals surface area contributed by atoms with E-state index in [0.29, 0.717) is 24.6 Å². The highest BCUT2D eigenvalue weighted by molar-refractivity contribution is 5.77. The van der Waals surface area contributed by atoms with Crippen LogP contribution in [-0.2, 0) is 16.1 Å². The fourth-order valence-corrected chi connectivity index (χ4v) is 2.50. The minimum absolute atomic E-state index is 0.0206. The highest BCUT2D eigenvalue weighted by Crippen LogP contribution is 2.15. The number of ether oxygens (including phenoxy) is 1. The molecule has 0 radical (unpaired) electrons. The van der Waals surface area contributed by atoms with E-state index < -0.39 is 0 Å².